The highest BCUT2D eigenvalue weighted by Crippen LogP contribution is 2.08. The topological polar surface area (TPSA) is 39.2 Å². The molecular formula is C10H15NO2S. The standard InChI is InChI=1S/C10H15NO2S/c1-3-4-13-6-10(12)5-9-7-14-8(2)11-9/h7H,3-6H2,1-2H3. The molecule has 0 unspecified atom stereocenters. The zero-order chi connectivity index (χ0) is 10.4. The highest BCUT2D eigenvalue weighted by atomic mass is 32.1. The van der Waals surface area contributed by atoms with Crippen molar-refractivity contribution in [1.29, 1.82) is 0 Å². The lowest BCUT2D eigenvalue weighted by atomic mass is 10.2. The number of aromatic nitrogens is 1. The van der Waals surface area contributed by atoms with E-state index in [-0.39, 0.29) is 12.4 Å². The molecule has 14 heavy (non-hydrogen) atoms. The minimum Gasteiger partial charge on any atom is -0.374 e. The van der Waals surface area contributed by atoms with E-state index in [1.807, 2.05) is 19.2 Å². The summed E-state index contributed by atoms with van der Waals surface area (Å²) in [4.78, 5) is 15.6. The van der Waals surface area contributed by atoms with E-state index in [0.717, 1.165) is 17.1 Å². The van der Waals surface area contributed by atoms with Gasteiger partial charge in [0, 0.05) is 12.0 Å². The number of aryl methyl sites for hydroxylation is 1. The molecule has 0 aromatic carbocycles. The highest BCUT2D eigenvalue weighted by Gasteiger charge is 2.06. The van der Waals surface area contributed by atoms with Crippen LogP contribution in [0.5, 0.6) is 0 Å². The molecular weight excluding hydrogens is 198 g/mol. The summed E-state index contributed by atoms with van der Waals surface area (Å²) in [6.45, 7) is 4.83. The number of rotatable bonds is 6. The number of nitrogens with zero attached hydrogens (tertiary/aromatic N) is 1. The fourth-order valence-electron chi connectivity index (χ4n) is 1.07. The minimum atomic E-state index is 0.101. The van der Waals surface area contributed by atoms with Crippen molar-refractivity contribution >= 4 is 17.1 Å². The predicted octanol–water partition coefficient (Wildman–Crippen LogP) is 1.99. The van der Waals surface area contributed by atoms with Gasteiger partial charge in [-0.2, -0.15) is 0 Å². The van der Waals surface area contributed by atoms with Crippen LogP contribution in [-0.2, 0) is 16.0 Å². The quantitative estimate of drug-likeness (QED) is 0.678. The van der Waals surface area contributed by atoms with E-state index in [2.05, 4.69) is 4.98 Å². The van der Waals surface area contributed by atoms with Gasteiger partial charge in [0.05, 0.1) is 17.1 Å². The predicted molar refractivity (Wildman–Crippen MR) is 56.7 cm³/mol. The number of ketones is 1. The number of hydrogen-bond donors (Lipinski definition) is 0. The van der Waals surface area contributed by atoms with Crippen LogP contribution >= 0.6 is 11.3 Å². The third-order valence-electron chi connectivity index (χ3n) is 1.66. The van der Waals surface area contributed by atoms with Gasteiger partial charge in [-0.15, -0.1) is 11.3 Å². The number of thiazole rings is 1. The van der Waals surface area contributed by atoms with E-state index < -0.39 is 0 Å². The zero-order valence-corrected chi connectivity index (χ0v) is 9.39. The van der Waals surface area contributed by atoms with Crippen LogP contribution in [0.3, 0.4) is 0 Å². The van der Waals surface area contributed by atoms with Gasteiger partial charge in [0.25, 0.3) is 0 Å². The van der Waals surface area contributed by atoms with Crippen molar-refractivity contribution in [3.63, 3.8) is 0 Å². The normalized spacial score (nSPS) is 10.4. The van der Waals surface area contributed by atoms with Crippen LogP contribution in [0, 0.1) is 6.92 Å². The van der Waals surface area contributed by atoms with Gasteiger partial charge >= 0.3 is 0 Å². The van der Waals surface area contributed by atoms with E-state index in [9.17, 15) is 4.79 Å². The second-order valence-corrected chi connectivity index (χ2v) is 4.19. The van der Waals surface area contributed by atoms with Crippen LogP contribution in [0.25, 0.3) is 0 Å². The molecule has 0 N–H and O–H groups in total. The molecule has 1 rings (SSSR count). The average molecular weight is 213 g/mol. The number of hydrogen-bond acceptors (Lipinski definition) is 4. The maximum atomic E-state index is 11.3. The molecule has 3 nitrogen and oxygen atoms in total. The first-order valence-corrected chi connectivity index (χ1v) is 5.60. The summed E-state index contributed by atoms with van der Waals surface area (Å²) in [5.41, 5.74) is 0.859. The molecule has 0 aliphatic heterocycles. The summed E-state index contributed by atoms with van der Waals surface area (Å²) in [6, 6.07) is 0. The van der Waals surface area contributed by atoms with Crippen molar-refractivity contribution in [2.24, 2.45) is 0 Å². The molecule has 4 heteroatoms. The lowest BCUT2D eigenvalue weighted by Crippen LogP contribution is -2.12. The Kier molecular flexibility index (Phi) is 4.76. The first-order valence-electron chi connectivity index (χ1n) is 4.72. The Hall–Kier alpha value is -0.740. The molecule has 0 saturated carbocycles. The third-order valence-corrected chi connectivity index (χ3v) is 2.48. The van der Waals surface area contributed by atoms with Crippen LogP contribution < -0.4 is 0 Å². The summed E-state index contributed by atoms with van der Waals surface area (Å²) >= 11 is 1.57. The lowest BCUT2D eigenvalue weighted by Gasteiger charge is -1.99. The smallest absolute Gasteiger partial charge is 0.164 e. The molecule has 0 atom stereocenters. The largest absolute Gasteiger partial charge is 0.374 e. The molecule has 0 aliphatic rings. The van der Waals surface area contributed by atoms with Crippen molar-refractivity contribution < 1.29 is 9.53 Å². The number of ether oxygens (including phenoxy) is 1. The maximum absolute atomic E-state index is 11.3. The van der Waals surface area contributed by atoms with Crippen molar-refractivity contribution in [2.45, 2.75) is 26.7 Å². The minimum absolute atomic E-state index is 0.101. The van der Waals surface area contributed by atoms with E-state index in [0.29, 0.717) is 13.0 Å². The zero-order valence-electron chi connectivity index (χ0n) is 8.58. The molecule has 1 heterocycles. The molecule has 0 spiro atoms. The van der Waals surface area contributed by atoms with E-state index >= 15 is 0 Å². The molecule has 0 radical (unpaired) electrons. The molecule has 78 valence electrons. The lowest BCUT2D eigenvalue weighted by molar-refractivity contribution is -0.122. The Morgan fingerprint density at radius 2 is 2.43 bits per heavy atom. The summed E-state index contributed by atoms with van der Waals surface area (Å²) in [6.07, 6.45) is 1.34. The summed E-state index contributed by atoms with van der Waals surface area (Å²) in [5.74, 6) is 0.101. The van der Waals surface area contributed by atoms with Gasteiger partial charge in [0.1, 0.15) is 6.61 Å². The Balaban J connectivity index is 2.27. The van der Waals surface area contributed by atoms with Gasteiger partial charge in [-0.05, 0) is 13.3 Å². The Labute approximate surface area is 88.1 Å². The summed E-state index contributed by atoms with van der Waals surface area (Å²) in [7, 11) is 0. The molecule has 0 fully saturated rings. The fraction of sp³-hybridized carbons (Fsp3) is 0.600. The Morgan fingerprint density at radius 3 is 3.00 bits per heavy atom. The van der Waals surface area contributed by atoms with Crippen LogP contribution in [-0.4, -0.2) is 24.0 Å². The first-order chi connectivity index (χ1) is 6.72. The van der Waals surface area contributed by atoms with E-state index in [1.54, 1.807) is 11.3 Å². The van der Waals surface area contributed by atoms with Gasteiger partial charge < -0.3 is 4.74 Å². The van der Waals surface area contributed by atoms with Crippen LogP contribution in [0.2, 0.25) is 0 Å². The van der Waals surface area contributed by atoms with E-state index in [1.165, 1.54) is 0 Å². The van der Waals surface area contributed by atoms with Crippen molar-refractivity contribution in [2.75, 3.05) is 13.2 Å². The van der Waals surface area contributed by atoms with Crippen LogP contribution in [0.4, 0.5) is 0 Å². The number of Topliss-reactive ketones (excluding diaryl/α,β-unsaturated/α-hetero) is 1. The van der Waals surface area contributed by atoms with Crippen molar-refractivity contribution in [3.8, 4) is 0 Å². The van der Waals surface area contributed by atoms with Crippen LogP contribution in [0.15, 0.2) is 5.38 Å². The molecule has 0 amide bonds. The molecule has 1 aromatic heterocycles. The second-order valence-electron chi connectivity index (χ2n) is 3.13. The Morgan fingerprint density at radius 1 is 1.64 bits per heavy atom. The van der Waals surface area contributed by atoms with Gasteiger partial charge in [0.15, 0.2) is 5.78 Å². The maximum Gasteiger partial charge on any atom is 0.164 e. The van der Waals surface area contributed by atoms with Crippen LogP contribution in [0.1, 0.15) is 24.0 Å². The average Bonchev–Trinajstić information content (AvgIpc) is 2.52. The van der Waals surface area contributed by atoms with Gasteiger partial charge in [-0.25, -0.2) is 4.98 Å². The number of carbonyl (C=O) groups is 1. The highest BCUT2D eigenvalue weighted by molar-refractivity contribution is 7.09. The number of carbonyl (C=O) groups excluding carboxylic acids is 1. The summed E-state index contributed by atoms with van der Waals surface area (Å²) in [5, 5.41) is 2.93. The van der Waals surface area contributed by atoms with E-state index in [4.69, 9.17) is 4.74 Å². The third kappa shape index (κ3) is 3.98. The Bertz CT molecular complexity index is 296. The van der Waals surface area contributed by atoms with Gasteiger partial charge in [0.2, 0.25) is 0 Å². The molecule has 0 bridgehead atoms. The monoisotopic (exact) mass is 213 g/mol. The van der Waals surface area contributed by atoms with Crippen molar-refractivity contribution in [3.05, 3.63) is 16.1 Å². The molecule has 0 aliphatic carbocycles. The fourth-order valence-corrected chi connectivity index (χ4v) is 1.69. The SMILES string of the molecule is CCCOCC(=O)Cc1csc(C)n1. The second kappa shape index (κ2) is 5.88. The van der Waals surface area contributed by atoms with Crippen molar-refractivity contribution in [1.82, 2.24) is 4.98 Å². The van der Waals surface area contributed by atoms with Gasteiger partial charge in [-0.3, -0.25) is 4.79 Å². The summed E-state index contributed by atoms with van der Waals surface area (Å²) < 4.78 is 5.15. The molecule has 0 saturated heterocycles. The first kappa shape index (κ1) is 11.3. The van der Waals surface area contributed by atoms with Gasteiger partial charge in [-0.1, -0.05) is 6.92 Å². The molecule has 1 aromatic rings.